The summed E-state index contributed by atoms with van der Waals surface area (Å²) in [4.78, 5) is 20.8. The van der Waals surface area contributed by atoms with Crippen LogP contribution in [0.15, 0.2) is 18.2 Å². The van der Waals surface area contributed by atoms with Crippen LogP contribution in [0.4, 0.5) is 5.69 Å². The quantitative estimate of drug-likeness (QED) is 0.636. The lowest BCUT2D eigenvalue weighted by Gasteiger charge is -2.18. The van der Waals surface area contributed by atoms with Crippen molar-refractivity contribution in [3.05, 3.63) is 38.9 Å². The van der Waals surface area contributed by atoms with Gasteiger partial charge in [-0.25, -0.2) is 0 Å². The highest BCUT2D eigenvalue weighted by Crippen LogP contribution is 2.30. The van der Waals surface area contributed by atoms with Crippen LogP contribution in [0.25, 0.3) is 0 Å². The van der Waals surface area contributed by atoms with E-state index in [1.807, 2.05) is 0 Å². The van der Waals surface area contributed by atoms with Crippen molar-refractivity contribution >= 4 is 34.2 Å². The minimum absolute atomic E-state index is 0.0183. The van der Waals surface area contributed by atoms with E-state index in [1.165, 1.54) is 19.1 Å². The number of nitro benzene ring substituents is 1. The number of nitrogens with zero attached hydrogens (tertiary/aromatic N) is 1. The second-order valence-corrected chi connectivity index (χ2v) is 5.38. The van der Waals surface area contributed by atoms with Crippen LogP contribution in [0.3, 0.4) is 0 Å². The van der Waals surface area contributed by atoms with Crippen LogP contribution in [0, 0.1) is 10.1 Å². The summed E-state index contributed by atoms with van der Waals surface area (Å²) in [6, 6.07) is 3.59. The molecule has 2 N–H and O–H groups in total. The molecule has 0 saturated carbocycles. The summed E-state index contributed by atoms with van der Waals surface area (Å²) in [5, 5.41) is 30.2. The molecule has 0 aliphatic heterocycles. The molecule has 6 nitrogen and oxygen atoms in total. The Labute approximate surface area is 118 Å². The fourth-order valence-corrected chi connectivity index (χ4v) is 2.19. The van der Waals surface area contributed by atoms with Crippen molar-refractivity contribution in [2.24, 2.45) is 0 Å². The topological polar surface area (TPSA) is 101 Å². The van der Waals surface area contributed by atoms with Crippen molar-refractivity contribution < 1.29 is 19.9 Å². The number of hydrogen-bond acceptors (Lipinski definition) is 6. The van der Waals surface area contributed by atoms with E-state index >= 15 is 0 Å². The van der Waals surface area contributed by atoms with Crippen molar-refractivity contribution in [2.45, 2.75) is 19.1 Å². The minimum Gasteiger partial charge on any atom is -0.389 e. The summed E-state index contributed by atoms with van der Waals surface area (Å²) in [5.41, 5.74) is -0.169. The number of hydrogen-bond donors (Lipinski definition) is 2. The van der Waals surface area contributed by atoms with Crippen molar-refractivity contribution in [1.82, 2.24) is 0 Å². The van der Waals surface area contributed by atoms with Crippen LogP contribution < -0.4 is 0 Å². The summed E-state index contributed by atoms with van der Waals surface area (Å²) < 4.78 is 0. The predicted molar refractivity (Wildman–Crippen MR) is 72.2 cm³/mol. The molecule has 104 valence electrons. The van der Waals surface area contributed by atoms with Gasteiger partial charge in [-0.3, -0.25) is 14.9 Å². The third-order valence-electron chi connectivity index (χ3n) is 2.33. The molecule has 19 heavy (non-hydrogen) atoms. The Morgan fingerprint density at radius 3 is 2.68 bits per heavy atom. The average molecular weight is 306 g/mol. The summed E-state index contributed by atoms with van der Waals surface area (Å²) in [6.45, 7) is 1.34. The van der Waals surface area contributed by atoms with E-state index in [-0.39, 0.29) is 27.1 Å². The lowest BCUT2D eigenvalue weighted by Crippen LogP contribution is -2.21. The maximum Gasteiger partial charge on any atom is 0.269 e. The van der Waals surface area contributed by atoms with Gasteiger partial charge in [0.05, 0.1) is 11.0 Å². The lowest BCUT2D eigenvalue weighted by molar-refractivity contribution is -0.385. The fourth-order valence-electron chi connectivity index (χ4n) is 1.37. The number of non-ortho nitro benzene ring substituents is 1. The van der Waals surface area contributed by atoms with Gasteiger partial charge < -0.3 is 10.2 Å². The fraction of sp³-hybridized carbons (Fsp3) is 0.364. The molecule has 0 bridgehead atoms. The Kier molecular flexibility index (Phi) is 5.74. The maximum absolute atomic E-state index is 10.8. The molecule has 8 heteroatoms. The zero-order valence-corrected chi connectivity index (χ0v) is 11.5. The van der Waals surface area contributed by atoms with E-state index in [4.69, 9.17) is 11.6 Å². The summed E-state index contributed by atoms with van der Waals surface area (Å²) in [5.74, 6) is -0.0183. The number of benzene rings is 1. The summed E-state index contributed by atoms with van der Waals surface area (Å²) in [6.07, 6.45) is -2.63. The lowest BCUT2D eigenvalue weighted by atomic mass is 10.0. The number of rotatable bonds is 5. The zero-order valence-electron chi connectivity index (χ0n) is 9.95. The van der Waals surface area contributed by atoms with Gasteiger partial charge in [-0.1, -0.05) is 23.4 Å². The average Bonchev–Trinajstić information content (AvgIpc) is 2.35. The number of carbonyl (C=O) groups is 1. The van der Waals surface area contributed by atoms with Crippen LogP contribution in [-0.2, 0) is 4.79 Å². The van der Waals surface area contributed by atoms with Crippen molar-refractivity contribution in [3.8, 4) is 0 Å². The molecule has 0 heterocycles. The van der Waals surface area contributed by atoms with E-state index < -0.39 is 17.1 Å². The molecular formula is C11H12ClNO5S. The Morgan fingerprint density at radius 1 is 1.53 bits per heavy atom. The second-order valence-electron chi connectivity index (χ2n) is 3.78. The number of nitro groups is 1. The van der Waals surface area contributed by atoms with Gasteiger partial charge in [0.1, 0.15) is 6.10 Å². The number of aliphatic hydroxyl groups excluding tert-OH is 2. The van der Waals surface area contributed by atoms with Gasteiger partial charge in [-0.15, -0.1) is 0 Å². The molecule has 1 rings (SSSR count). The van der Waals surface area contributed by atoms with Crippen molar-refractivity contribution in [1.29, 1.82) is 0 Å². The van der Waals surface area contributed by atoms with Crippen LogP contribution in [0.5, 0.6) is 0 Å². The molecule has 2 unspecified atom stereocenters. The summed E-state index contributed by atoms with van der Waals surface area (Å²) >= 11 is 6.69. The Bertz CT molecular complexity index is 496. The van der Waals surface area contributed by atoms with Crippen LogP contribution in [0.1, 0.15) is 18.6 Å². The van der Waals surface area contributed by atoms with Crippen molar-refractivity contribution in [3.63, 3.8) is 0 Å². The number of thioether (sulfide) groups is 1. The van der Waals surface area contributed by atoms with Gasteiger partial charge in [0.25, 0.3) is 5.69 Å². The highest BCUT2D eigenvalue weighted by molar-refractivity contribution is 8.13. The summed E-state index contributed by atoms with van der Waals surface area (Å²) in [7, 11) is 0. The standard InChI is InChI=1S/C11H12ClNO5S/c1-6(14)19-5-10(15)11(16)8-4-7(13(17)18)2-3-9(8)12/h2-4,10-11,15-16H,5H2,1H3. The maximum atomic E-state index is 10.8. The predicted octanol–water partition coefficient (Wildman–Crippen LogP) is 1.92. The molecule has 0 fully saturated rings. The molecule has 0 aliphatic carbocycles. The van der Waals surface area contributed by atoms with Crippen molar-refractivity contribution in [2.75, 3.05) is 5.75 Å². The van der Waals surface area contributed by atoms with Crippen LogP contribution >= 0.6 is 23.4 Å². The van der Waals surface area contributed by atoms with Gasteiger partial charge in [-0.2, -0.15) is 0 Å². The van der Waals surface area contributed by atoms with Crippen LogP contribution in [0.2, 0.25) is 5.02 Å². The molecule has 1 aromatic carbocycles. The van der Waals surface area contributed by atoms with E-state index in [2.05, 4.69) is 0 Å². The first-order chi connectivity index (χ1) is 8.82. The van der Waals surface area contributed by atoms with E-state index in [1.54, 1.807) is 0 Å². The molecule has 0 amide bonds. The minimum atomic E-state index is -1.39. The first kappa shape index (κ1) is 15.9. The second kappa shape index (κ2) is 6.85. The number of halogens is 1. The Morgan fingerprint density at radius 2 is 2.16 bits per heavy atom. The highest BCUT2D eigenvalue weighted by Gasteiger charge is 2.23. The molecule has 2 atom stereocenters. The highest BCUT2D eigenvalue weighted by atomic mass is 35.5. The monoisotopic (exact) mass is 305 g/mol. The smallest absolute Gasteiger partial charge is 0.269 e. The van der Waals surface area contributed by atoms with E-state index in [0.717, 1.165) is 17.8 Å². The molecule has 0 saturated heterocycles. The molecule has 1 aromatic rings. The Balaban J connectivity index is 2.91. The zero-order chi connectivity index (χ0) is 14.6. The van der Waals surface area contributed by atoms with Gasteiger partial charge in [0.15, 0.2) is 5.12 Å². The third-order valence-corrected chi connectivity index (χ3v) is 3.59. The Hall–Kier alpha value is -1.15. The first-order valence-corrected chi connectivity index (χ1v) is 6.62. The molecule has 0 spiro atoms. The molecule has 0 aliphatic rings. The number of aliphatic hydroxyl groups is 2. The SMILES string of the molecule is CC(=O)SCC(O)C(O)c1cc([N+](=O)[O-])ccc1Cl. The van der Waals surface area contributed by atoms with E-state index in [0.29, 0.717) is 0 Å². The van der Waals surface area contributed by atoms with Gasteiger partial charge in [0, 0.05) is 35.4 Å². The van der Waals surface area contributed by atoms with Gasteiger partial charge in [0.2, 0.25) is 0 Å². The van der Waals surface area contributed by atoms with Gasteiger partial charge in [-0.05, 0) is 6.07 Å². The third kappa shape index (κ3) is 4.46. The van der Waals surface area contributed by atoms with Gasteiger partial charge >= 0.3 is 0 Å². The molecular weight excluding hydrogens is 294 g/mol. The first-order valence-electron chi connectivity index (χ1n) is 5.26. The normalized spacial score (nSPS) is 13.9. The largest absolute Gasteiger partial charge is 0.389 e. The molecule has 0 aromatic heterocycles. The number of carbonyl (C=O) groups excluding carboxylic acids is 1. The van der Waals surface area contributed by atoms with Crippen LogP contribution in [-0.4, -0.2) is 32.1 Å². The molecule has 0 radical (unpaired) electrons. The van der Waals surface area contributed by atoms with E-state index in [9.17, 15) is 25.1 Å².